The lowest BCUT2D eigenvalue weighted by Gasteiger charge is -2.34. The van der Waals surface area contributed by atoms with Crippen molar-refractivity contribution in [3.63, 3.8) is 0 Å². The van der Waals surface area contributed by atoms with Crippen LogP contribution in [0.4, 0.5) is 11.5 Å². The summed E-state index contributed by atoms with van der Waals surface area (Å²) < 4.78 is 0. The highest BCUT2D eigenvalue weighted by atomic mass is 16.2. The zero-order valence-corrected chi connectivity index (χ0v) is 17.5. The molecule has 1 N–H and O–H groups in total. The predicted molar refractivity (Wildman–Crippen MR) is 117 cm³/mol. The topological polar surface area (TPSA) is 68.8 Å². The molecular weight excluding hydrogens is 378 g/mol. The largest absolute Gasteiger partial charge is 0.354 e. The third kappa shape index (κ3) is 4.62. The molecule has 1 aromatic heterocycles. The summed E-state index contributed by atoms with van der Waals surface area (Å²) in [5, 5.41) is 2.97. The van der Waals surface area contributed by atoms with Crippen molar-refractivity contribution in [2.45, 2.75) is 25.3 Å². The van der Waals surface area contributed by atoms with Crippen molar-refractivity contribution in [2.75, 3.05) is 50.0 Å². The zero-order valence-electron chi connectivity index (χ0n) is 17.5. The molecule has 7 heteroatoms. The smallest absolute Gasteiger partial charge is 0.251 e. The summed E-state index contributed by atoms with van der Waals surface area (Å²) in [6, 6.07) is 12.7. The third-order valence-corrected chi connectivity index (χ3v) is 5.88. The molecule has 0 bridgehead atoms. The number of anilines is 2. The van der Waals surface area contributed by atoms with E-state index in [9.17, 15) is 9.59 Å². The van der Waals surface area contributed by atoms with Crippen molar-refractivity contribution < 1.29 is 9.59 Å². The number of hydrogen-bond donors (Lipinski definition) is 1. The van der Waals surface area contributed by atoms with Crippen LogP contribution < -0.4 is 10.2 Å². The molecule has 158 valence electrons. The van der Waals surface area contributed by atoms with Crippen LogP contribution in [0.25, 0.3) is 0 Å². The Morgan fingerprint density at radius 1 is 1.00 bits per heavy atom. The highest BCUT2D eigenvalue weighted by molar-refractivity contribution is 5.98. The van der Waals surface area contributed by atoms with Crippen LogP contribution in [0.1, 0.15) is 30.9 Å². The average molecular weight is 408 g/mol. The number of hydrogen-bond acceptors (Lipinski definition) is 5. The zero-order chi connectivity index (χ0) is 20.9. The van der Waals surface area contributed by atoms with Gasteiger partial charge in [-0.3, -0.25) is 9.59 Å². The number of pyridine rings is 1. The van der Waals surface area contributed by atoms with Gasteiger partial charge < -0.3 is 20.0 Å². The van der Waals surface area contributed by atoms with Crippen LogP contribution >= 0.6 is 0 Å². The monoisotopic (exact) mass is 407 g/mol. The van der Waals surface area contributed by atoms with Gasteiger partial charge in [0.25, 0.3) is 5.91 Å². The Balaban J connectivity index is 1.49. The van der Waals surface area contributed by atoms with Crippen molar-refractivity contribution in [2.24, 2.45) is 0 Å². The number of rotatable bonds is 5. The summed E-state index contributed by atoms with van der Waals surface area (Å²) in [4.78, 5) is 36.6. The van der Waals surface area contributed by atoms with E-state index < -0.39 is 6.04 Å². The first-order chi connectivity index (χ1) is 14.6. The van der Waals surface area contributed by atoms with E-state index in [4.69, 9.17) is 0 Å². The second-order valence-electron chi connectivity index (χ2n) is 8.04. The molecule has 30 heavy (non-hydrogen) atoms. The van der Waals surface area contributed by atoms with E-state index in [1.54, 1.807) is 11.1 Å². The van der Waals surface area contributed by atoms with Gasteiger partial charge in [0.1, 0.15) is 11.9 Å². The number of nitrogens with one attached hydrogen (secondary N) is 1. The van der Waals surface area contributed by atoms with Crippen LogP contribution in [0, 0.1) is 0 Å². The first kappa shape index (κ1) is 20.3. The quantitative estimate of drug-likeness (QED) is 0.825. The number of carbonyl (C=O) groups is 2. The van der Waals surface area contributed by atoms with E-state index >= 15 is 0 Å². The van der Waals surface area contributed by atoms with Gasteiger partial charge in [0, 0.05) is 39.1 Å². The van der Waals surface area contributed by atoms with Crippen molar-refractivity contribution in [3.8, 4) is 0 Å². The molecule has 2 fully saturated rings. The molecule has 2 aromatic rings. The molecule has 2 saturated heterocycles. The van der Waals surface area contributed by atoms with Gasteiger partial charge in [-0.2, -0.15) is 0 Å². The Morgan fingerprint density at radius 2 is 1.77 bits per heavy atom. The molecule has 1 atom stereocenters. The van der Waals surface area contributed by atoms with Gasteiger partial charge >= 0.3 is 0 Å². The fourth-order valence-corrected chi connectivity index (χ4v) is 4.10. The van der Waals surface area contributed by atoms with Crippen LogP contribution in [-0.2, 0) is 9.59 Å². The number of piperidine rings is 1. The van der Waals surface area contributed by atoms with Crippen LogP contribution in [0.2, 0.25) is 0 Å². The summed E-state index contributed by atoms with van der Waals surface area (Å²) in [5.41, 5.74) is 1.47. The molecule has 2 aliphatic rings. The fourth-order valence-electron chi connectivity index (χ4n) is 4.10. The number of benzene rings is 1. The first-order valence-electron chi connectivity index (χ1n) is 10.7. The molecule has 2 aliphatic heterocycles. The highest BCUT2D eigenvalue weighted by Gasteiger charge is 2.32. The van der Waals surface area contributed by atoms with Gasteiger partial charge in [-0.15, -0.1) is 0 Å². The summed E-state index contributed by atoms with van der Waals surface area (Å²) in [6.45, 7) is 4.53. The molecule has 1 unspecified atom stereocenters. The molecule has 4 rings (SSSR count). The fraction of sp³-hybridized carbons (Fsp3) is 0.435. The third-order valence-electron chi connectivity index (χ3n) is 5.88. The average Bonchev–Trinajstić information content (AvgIpc) is 2.77. The Kier molecular flexibility index (Phi) is 6.28. The van der Waals surface area contributed by atoms with Crippen LogP contribution in [0.15, 0.2) is 48.7 Å². The van der Waals surface area contributed by atoms with Crippen LogP contribution in [-0.4, -0.2) is 66.4 Å². The first-order valence-corrected chi connectivity index (χ1v) is 10.7. The van der Waals surface area contributed by atoms with Crippen LogP contribution in [0.5, 0.6) is 0 Å². The van der Waals surface area contributed by atoms with Gasteiger partial charge in [-0.05, 0) is 37.6 Å². The Labute approximate surface area is 177 Å². The van der Waals surface area contributed by atoms with Gasteiger partial charge in [0.15, 0.2) is 0 Å². The van der Waals surface area contributed by atoms with E-state index in [-0.39, 0.29) is 11.8 Å². The second-order valence-corrected chi connectivity index (χ2v) is 8.04. The van der Waals surface area contributed by atoms with E-state index in [1.807, 2.05) is 42.5 Å². The number of aromatic nitrogens is 1. The Hall–Kier alpha value is -2.93. The number of likely N-dealkylation sites (N-methyl/N-ethyl adjacent to an activating group) is 1. The Morgan fingerprint density at radius 3 is 2.43 bits per heavy atom. The van der Waals surface area contributed by atoms with E-state index in [1.165, 1.54) is 0 Å². The van der Waals surface area contributed by atoms with E-state index in [0.29, 0.717) is 18.7 Å². The van der Waals surface area contributed by atoms with Crippen molar-refractivity contribution >= 4 is 23.3 Å². The molecule has 2 amide bonds. The normalized spacial score (nSPS) is 18.9. The van der Waals surface area contributed by atoms with E-state index in [0.717, 1.165) is 50.4 Å². The standard InChI is InChI=1S/C23H29N5O2/c1-26-13-15-27(16-14-26)20-11-10-19(17-24-20)25-23(30)22(18-7-3-2-4-8-18)28-12-6-5-9-21(28)29/h2-4,7-8,10-11,17,22H,5-6,9,12-16H2,1H3,(H,25,30). The lowest BCUT2D eigenvalue weighted by Crippen LogP contribution is -2.44. The molecule has 3 heterocycles. The molecule has 1 aromatic carbocycles. The minimum absolute atomic E-state index is 0.0359. The molecule has 7 nitrogen and oxygen atoms in total. The summed E-state index contributed by atoms with van der Waals surface area (Å²) in [6.07, 6.45) is 4.00. The Bertz CT molecular complexity index is 863. The molecular formula is C23H29N5O2. The van der Waals surface area contributed by atoms with Gasteiger partial charge in [0.2, 0.25) is 5.91 Å². The highest BCUT2D eigenvalue weighted by Crippen LogP contribution is 2.27. The van der Waals surface area contributed by atoms with Gasteiger partial charge in [-0.1, -0.05) is 30.3 Å². The summed E-state index contributed by atoms with van der Waals surface area (Å²) in [5.74, 6) is 0.756. The lowest BCUT2D eigenvalue weighted by molar-refractivity contribution is -0.141. The maximum atomic E-state index is 13.2. The second kappa shape index (κ2) is 9.26. The van der Waals surface area contributed by atoms with Crippen molar-refractivity contribution in [3.05, 3.63) is 54.2 Å². The minimum Gasteiger partial charge on any atom is -0.354 e. The summed E-state index contributed by atoms with van der Waals surface area (Å²) in [7, 11) is 2.12. The van der Waals surface area contributed by atoms with Crippen LogP contribution in [0.3, 0.4) is 0 Å². The molecule has 0 saturated carbocycles. The minimum atomic E-state index is -0.628. The number of amides is 2. The molecule has 0 aliphatic carbocycles. The van der Waals surface area contributed by atoms with E-state index in [2.05, 4.69) is 27.1 Å². The van der Waals surface area contributed by atoms with Gasteiger partial charge in [0.05, 0.1) is 11.9 Å². The lowest BCUT2D eigenvalue weighted by atomic mass is 10.0. The van der Waals surface area contributed by atoms with Crippen molar-refractivity contribution in [1.82, 2.24) is 14.8 Å². The SMILES string of the molecule is CN1CCN(c2ccc(NC(=O)C(c3ccccc3)N3CCCCC3=O)cn2)CC1. The number of likely N-dealkylation sites (tertiary alicyclic amines) is 1. The molecule has 0 spiro atoms. The maximum absolute atomic E-state index is 13.2. The van der Waals surface area contributed by atoms with Gasteiger partial charge in [-0.25, -0.2) is 4.98 Å². The number of piperazine rings is 1. The maximum Gasteiger partial charge on any atom is 0.251 e. The molecule has 0 radical (unpaired) electrons. The predicted octanol–water partition coefficient (Wildman–Crippen LogP) is 2.53. The number of nitrogens with zero attached hydrogens (tertiary/aromatic N) is 4. The summed E-state index contributed by atoms with van der Waals surface area (Å²) >= 11 is 0. The van der Waals surface area contributed by atoms with Crippen molar-refractivity contribution in [1.29, 1.82) is 0 Å². The number of carbonyl (C=O) groups excluding carboxylic acids is 2.